The zero-order valence-corrected chi connectivity index (χ0v) is 17.3. The zero-order chi connectivity index (χ0) is 21.0. The fourth-order valence-electron chi connectivity index (χ4n) is 3.54. The third-order valence-electron chi connectivity index (χ3n) is 5.06. The van der Waals surface area contributed by atoms with Crippen LogP contribution in [0.2, 0.25) is 0 Å². The van der Waals surface area contributed by atoms with Crippen molar-refractivity contribution >= 4 is 21.6 Å². The Balaban J connectivity index is 1.90. The highest BCUT2D eigenvalue weighted by Gasteiger charge is 2.22. The third kappa shape index (κ3) is 5.26. The monoisotopic (exact) mass is 420 g/mol. The van der Waals surface area contributed by atoms with Crippen molar-refractivity contribution in [2.45, 2.75) is 38.3 Å². The topological polar surface area (TPSA) is 75.7 Å². The molecule has 0 bridgehead atoms. The van der Waals surface area contributed by atoms with Crippen LogP contribution >= 0.6 is 0 Å². The number of benzene rings is 2. The van der Waals surface area contributed by atoms with Gasteiger partial charge in [0.25, 0.3) is 5.91 Å². The fourth-order valence-corrected chi connectivity index (χ4v) is 4.42. The van der Waals surface area contributed by atoms with Gasteiger partial charge in [0.15, 0.2) is 0 Å². The summed E-state index contributed by atoms with van der Waals surface area (Å²) in [5.41, 5.74) is 1.32. The maximum Gasteiger partial charge on any atom is 0.251 e. The van der Waals surface area contributed by atoms with E-state index in [9.17, 15) is 17.6 Å². The predicted octanol–water partition coefficient (Wildman–Crippen LogP) is 3.47. The lowest BCUT2D eigenvalue weighted by atomic mass is 10.1. The molecule has 1 saturated carbocycles. The molecule has 6 nitrogen and oxygen atoms in total. The van der Waals surface area contributed by atoms with Gasteiger partial charge in [-0.2, -0.15) is 0 Å². The average molecular weight is 421 g/mol. The van der Waals surface area contributed by atoms with Crippen molar-refractivity contribution in [3.8, 4) is 5.75 Å². The van der Waals surface area contributed by atoms with Gasteiger partial charge in [0.05, 0.1) is 25.6 Å². The average Bonchev–Trinajstić information content (AvgIpc) is 3.19. The van der Waals surface area contributed by atoms with Gasteiger partial charge >= 0.3 is 0 Å². The summed E-state index contributed by atoms with van der Waals surface area (Å²) in [4.78, 5) is 12.6. The molecule has 0 unspecified atom stereocenters. The summed E-state index contributed by atoms with van der Waals surface area (Å²) in [6.45, 7) is -0.0435. The molecule has 29 heavy (non-hydrogen) atoms. The van der Waals surface area contributed by atoms with E-state index in [0.717, 1.165) is 36.2 Å². The number of nitrogens with one attached hydrogen (secondary N) is 1. The van der Waals surface area contributed by atoms with Gasteiger partial charge in [-0.05, 0) is 55.3 Å². The molecule has 2 aromatic rings. The van der Waals surface area contributed by atoms with E-state index in [1.807, 2.05) is 0 Å². The second-order valence-corrected chi connectivity index (χ2v) is 9.13. The molecule has 0 aliphatic heterocycles. The summed E-state index contributed by atoms with van der Waals surface area (Å²) in [5.74, 6) is -0.169. The molecule has 1 N–H and O–H groups in total. The Morgan fingerprint density at radius 3 is 2.41 bits per heavy atom. The molecule has 0 aromatic heterocycles. The predicted molar refractivity (Wildman–Crippen MR) is 110 cm³/mol. The molecule has 1 aliphatic carbocycles. The summed E-state index contributed by atoms with van der Waals surface area (Å²) in [7, 11) is -2.17. The minimum absolute atomic E-state index is 0.0435. The number of hydrogen-bond donors (Lipinski definition) is 1. The van der Waals surface area contributed by atoms with Crippen molar-refractivity contribution in [3.63, 3.8) is 0 Å². The van der Waals surface area contributed by atoms with E-state index in [-0.39, 0.29) is 18.5 Å². The quantitative estimate of drug-likeness (QED) is 0.744. The highest BCUT2D eigenvalue weighted by Crippen LogP contribution is 2.27. The summed E-state index contributed by atoms with van der Waals surface area (Å²) in [6, 6.07) is 10.4. The number of hydrogen-bond acceptors (Lipinski definition) is 4. The maximum atomic E-state index is 13.3. The Kier molecular flexibility index (Phi) is 6.42. The Hall–Kier alpha value is -2.61. The molecule has 156 valence electrons. The normalized spacial score (nSPS) is 14.6. The number of ether oxygens (including phenoxy) is 1. The number of sulfonamides is 1. The maximum absolute atomic E-state index is 13.3. The first-order chi connectivity index (χ1) is 13.8. The lowest BCUT2D eigenvalue weighted by molar-refractivity contribution is 0.0937. The van der Waals surface area contributed by atoms with E-state index in [0.29, 0.717) is 22.6 Å². The van der Waals surface area contributed by atoms with Crippen LogP contribution in [0.5, 0.6) is 5.75 Å². The van der Waals surface area contributed by atoms with Gasteiger partial charge in [0, 0.05) is 17.2 Å². The SMILES string of the molecule is COc1ccc(C(=O)NC2CCCC2)cc1CN(c1ccc(F)cc1)S(C)(=O)=O. The Bertz CT molecular complexity index is 971. The van der Waals surface area contributed by atoms with Gasteiger partial charge in [-0.1, -0.05) is 12.8 Å². The number of anilines is 1. The second kappa shape index (κ2) is 8.82. The molecule has 1 amide bonds. The number of rotatable bonds is 7. The van der Waals surface area contributed by atoms with Gasteiger partial charge in [-0.3, -0.25) is 9.10 Å². The van der Waals surface area contributed by atoms with Crippen LogP contribution < -0.4 is 14.4 Å². The van der Waals surface area contributed by atoms with Crippen molar-refractivity contribution < 1.29 is 22.3 Å². The van der Waals surface area contributed by atoms with Crippen molar-refractivity contribution in [2.75, 3.05) is 17.7 Å². The van der Waals surface area contributed by atoms with Crippen molar-refractivity contribution in [2.24, 2.45) is 0 Å². The summed E-state index contributed by atoms with van der Waals surface area (Å²) in [5, 5.41) is 3.03. The number of carbonyl (C=O) groups excluding carboxylic acids is 1. The molecule has 1 aliphatic rings. The zero-order valence-electron chi connectivity index (χ0n) is 16.5. The fraction of sp³-hybridized carbons (Fsp3) is 0.381. The molecular weight excluding hydrogens is 395 g/mol. The first kappa shape index (κ1) is 21.1. The molecule has 8 heteroatoms. The molecule has 0 heterocycles. The van der Waals surface area contributed by atoms with Crippen molar-refractivity contribution in [1.29, 1.82) is 0 Å². The van der Waals surface area contributed by atoms with Crippen LogP contribution in [0.3, 0.4) is 0 Å². The van der Waals surface area contributed by atoms with Crippen molar-refractivity contribution in [1.82, 2.24) is 5.32 Å². The molecule has 0 atom stereocenters. The van der Waals surface area contributed by atoms with E-state index in [1.54, 1.807) is 18.2 Å². The first-order valence-electron chi connectivity index (χ1n) is 9.49. The van der Waals surface area contributed by atoms with Crippen LogP contribution in [0.15, 0.2) is 42.5 Å². The molecular formula is C21H25FN2O4S. The van der Waals surface area contributed by atoms with E-state index in [2.05, 4.69) is 5.32 Å². The summed E-state index contributed by atoms with van der Waals surface area (Å²) in [6.07, 6.45) is 5.25. The first-order valence-corrected chi connectivity index (χ1v) is 11.3. The van der Waals surface area contributed by atoms with Crippen LogP contribution in [-0.4, -0.2) is 33.7 Å². The number of methoxy groups -OCH3 is 1. The largest absolute Gasteiger partial charge is 0.496 e. The van der Waals surface area contributed by atoms with Crippen molar-refractivity contribution in [3.05, 3.63) is 59.4 Å². The number of halogens is 1. The number of nitrogens with zero attached hydrogens (tertiary/aromatic N) is 1. The standard InChI is InChI=1S/C21H25FN2O4S/c1-28-20-12-7-15(21(25)23-18-5-3-4-6-18)13-16(20)14-24(29(2,26)27)19-10-8-17(22)9-11-19/h7-13,18H,3-6,14H2,1-2H3,(H,23,25). The van der Waals surface area contributed by atoms with E-state index >= 15 is 0 Å². The minimum atomic E-state index is -3.65. The number of amides is 1. The highest BCUT2D eigenvalue weighted by molar-refractivity contribution is 7.92. The van der Waals surface area contributed by atoms with E-state index < -0.39 is 15.8 Å². The lowest BCUT2D eigenvalue weighted by Crippen LogP contribution is -2.33. The molecule has 2 aromatic carbocycles. The van der Waals surface area contributed by atoms with E-state index in [1.165, 1.54) is 31.4 Å². The minimum Gasteiger partial charge on any atom is -0.496 e. The van der Waals surface area contributed by atoms with Crippen LogP contribution in [0.4, 0.5) is 10.1 Å². The summed E-state index contributed by atoms with van der Waals surface area (Å²) < 4.78 is 44.6. The Labute approximate surface area is 170 Å². The Morgan fingerprint density at radius 1 is 1.17 bits per heavy atom. The molecule has 1 fully saturated rings. The van der Waals surface area contributed by atoms with Crippen LogP contribution in [0.1, 0.15) is 41.6 Å². The smallest absolute Gasteiger partial charge is 0.251 e. The van der Waals surface area contributed by atoms with Gasteiger partial charge in [0.1, 0.15) is 11.6 Å². The Morgan fingerprint density at radius 2 is 1.83 bits per heavy atom. The van der Waals surface area contributed by atoms with Crippen LogP contribution in [-0.2, 0) is 16.6 Å². The van der Waals surface area contributed by atoms with Crippen LogP contribution in [0.25, 0.3) is 0 Å². The molecule has 0 spiro atoms. The molecule has 3 rings (SSSR count). The van der Waals surface area contributed by atoms with Gasteiger partial charge in [0.2, 0.25) is 10.0 Å². The lowest BCUT2D eigenvalue weighted by Gasteiger charge is -2.24. The van der Waals surface area contributed by atoms with Gasteiger partial charge in [-0.25, -0.2) is 12.8 Å². The van der Waals surface area contributed by atoms with Crippen LogP contribution in [0, 0.1) is 5.82 Å². The third-order valence-corrected chi connectivity index (χ3v) is 6.20. The summed E-state index contributed by atoms with van der Waals surface area (Å²) >= 11 is 0. The van der Waals surface area contributed by atoms with Gasteiger partial charge in [-0.15, -0.1) is 0 Å². The second-order valence-electron chi connectivity index (χ2n) is 7.23. The molecule has 0 radical (unpaired) electrons. The van der Waals surface area contributed by atoms with E-state index in [4.69, 9.17) is 4.74 Å². The highest BCUT2D eigenvalue weighted by atomic mass is 32.2. The molecule has 0 saturated heterocycles. The van der Waals surface area contributed by atoms with Gasteiger partial charge < -0.3 is 10.1 Å². The number of carbonyl (C=O) groups is 1.